The Hall–Kier alpha value is -3.10. The van der Waals surface area contributed by atoms with Crippen LogP contribution in [0.5, 0.6) is 0 Å². The summed E-state index contributed by atoms with van der Waals surface area (Å²) in [6.45, 7) is 10.9. The lowest BCUT2D eigenvalue weighted by Crippen LogP contribution is -2.66. The number of ether oxygens (including phenoxy) is 4. The molecule has 4 aromatic rings. The molecular weight excluding hydrogens is 613 g/mol. The standard InChI is InChI=1S/C42H54O5Si/c1-41(2,3)48(36-26-16-10-17-27-36,37-28-18-11-19-29-37)46-31-21-7-6-20-30-42(4)39(45-33-35-24-14-9-15-25-35)38(40(43-5)47-42)44-32-34-22-12-8-13-23-34/h8-19,22-29,38-40H,6-7,20-21,30-33H2,1-5H3/t38-,39-,40?,42-/m1/s1. The van der Waals surface area contributed by atoms with Crippen LogP contribution in [-0.2, 0) is 36.6 Å². The molecule has 4 atom stereocenters. The molecule has 48 heavy (non-hydrogen) atoms. The highest BCUT2D eigenvalue weighted by Crippen LogP contribution is 2.40. The van der Waals surface area contributed by atoms with E-state index in [-0.39, 0.29) is 17.2 Å². The number of benzene rings is 4. The average molecular weight is 667 g/mol. The molecule has 0 radical (unpaired) electrons. The molecule has 6 heteroatoms. The van der Waals surface area contributed by atoms with Gasteiger partial charge < -0.3 is 23.4 Å². The molecule has 4 aromatic carbocycles. The molecule has 0 bridgehead atoms. The molecule has 5 nitrogen and oxygen atoms in total. The van der Waals surface area contributed by atoms with Crippen molar-refractivity contribution in [2.24, 2.45) is 0 Å². The molecule has 1 unspecified atom stereocenters. The Morgan fingerprint density at radius 3 is 1.62 bits per heavy atom. The Kier molecular flexibility index (Phi) is 12.8. The normalized spacial score (nSPS) is 21.4. The van der Waals surface area contributed by atoms with Crippen LogP contribution < -0.4 is 10.4 Å². The highest BCUT2D eigenvalue weighted by molar-refractivity contribution is 6.99. The lowest BCUT2D eigenvalue weighted by atomic mass is 9.90. The molecule has 0 aromatic heterocycles. The first-order valence-corrected chi connectivity index (χ1v) is 19.4. The van der Waals surface area contributed by atoms with E-state index in [1.165, 1.54) is 10.4 Å². The zero-order valence-corrected chi connectivity index (χ0v) is 30.5. The van der Waals surface area contributed by atoms with Crippen molar-refractivity contribution in [1.29, 1.82) is 0 Å². The minimum Gasteiger partial charge on any atom is -0.407 e. The third kappa shape index (κ3) is 8.73. The Balaban J connectivity index is 1.20. The van der Waals surface area contributed by atoms with Gasteiger partial charge in [0.05, 0.1) is 18.8 Å². The fourth-order valence-electron chi connectivity index (χ4n) is 7.16. The minimum absolute atomic E-state index is 0.0180. The van der Waals surface area contributed by atoms with Crippen molar-refractivity contribution in [3.63, 3.8) is 0 Å². The molecule has 5 rings (SSSR count). The summed E-state index contributed by atoms with van der Waals surface area (Å²) in [5, 5.41) is 2.64. The van der Waals surface area contributed by atoms with Gasteiger partial charge in [0.1, 0.15) is 12.2 Å². The van der Waals surface area contributed by atoms with E-state index in [0.717, 1.165) is 49.8 Å². The first-order chi connectivity index (χ1) is 23.3. The topological polar surface area (TPSA) is 46.2 Å². The van der Waals surface area contributed by atoms with Gasteiger partial charge in [-0.05, 0) is 46.3 Å². The number of hydrogen-bond donors (Lipinski definition) is 0. The van der Waals surface area contributed by atoms with E-state index in [1.807, 2.05) is 36.4 Å². The van der Waals surface area contributed by atoms with E-state index in [2.05, 4.69) is 113 Å². The zero-order valence-electron chi connectivity index (χ0n) is 29.5. The molecule has 1 fully saturated rings. The molecule has 0 saturated carbocycles. The first kappa shape index (κ1) is 36.2. The lowest BCUT2D eigenvalue weighted by molar-refractivity contribution is -0.183. The van der Waals surface area contributed by atoms with E-state index < -0.39 is 20.2 Å². The average Bonchev–Trinajstić information content (AvgIpc) is 3.38. The van der Waals surface area contributed by atoms with Crippen molar-refractivity contribution < 1.29 is 23.4 Å². The van der Waals surface area contributed by atoms with Gasteiger partial charge in [-0.15, -0.1) is 0 Å². The quantitative estimate of drug-likeness (QED) is 0.0836. The smallest absolute Gasteiger partial charge is 0.261 e. The van der Waals surface area contributed by atoms with E-state index in [9.17, 15) is 0 Å². The summed E-state index contributed by atoms with van der Waals surface area (Å²) < 4.78 is 32.7. The summed E-state index contributed by atoms with van der Waals surface area (Å²) >= 11 is 0. The van der Waals surface area contributed by atoms with Gasteiger partial charge in [0.25, 0.3) is 8.32 Å². The molecule has 1 aliphatic rings. The molecule has 0 N–H and O–H groups in total. The van der Waals surface area contributed by atoms with Crippen molar-refractivity contribution in [1.82, 2.24) is 0 Å². The maximum Gasteiger partial charge on any atom is 0.261 e. The molecule has 1 saturated heterocycles. The molecule has 1 aliphatic heterocycles. The maximum atomic E-state index is 7.12. The van der Waals surface area contributed by atoms with Gasteiger partial charge in [-0.2, -0.15) is 0 Å². The van der Waals surface area contributed by atoms with Crippen LogP contribution in [-0.4, -0.2) is 46.1 Å². The van der Waals surface area contributed by atoms with Crippen LogP contribution in [0.1, 0.15) is 70.9 Å². The van der Waals surface area contributed by atoms with Crippen molar-refractivity contribution in [2.75, 3.05) is 13.7 Å². The SMILES string of the molecule is COC1O[C@](C)(CCCCCCO[Si](c2ccccc2)(c2ccccc2)C(C)(C)C)[C@H](OCc2ccccc2)[C@H]1OCc1ccccc1. The summed E-state index contributed by atoms with van der Waals surface area (Å²) in [4.78, 5) is 0. The highest BCUT2D eigenvalue weighted by atomic mass is 28.4. The van der Waals surface area contributed by atoms with Crippen LogP contribution in [0.3, 0.4) is 0 Å². The number of methoxy groups -OCH3 is 1. The van der Waals surface area contributed by atoms with Crippen LogP contribution >= 0.6 is 0 Å². The van der Waals surface area contributed by atoms with Crippen molar-refractivity contribution in [3.05, 3.63) is 132 Å². The second-order valence-electron chi connectivity index (χ2n) is 14.2. The summed E-state index contributed by atoms with van der Waals surface area (Å²) in [5.74, 6) is 0. The second-order valence-corrected chi connectivity index (χ2v) is 18.5. The van der Waals surface area contributed by atoms with Gasteiger partial charge in [-0.25, -0.2) is 0 Å². The summed E-state index contributed by atoms with van der Waals surface area (Å²) in [6, 6.07) is 42.3. The van der Waals surface area contributed by atoms with Gasteiger partial charge in [-0.1, -0.05) is 161 Å². The number of rotatable bonds is 17. The first-order valence-electron chi connectivity index (χ1n) is 17.5. The number of unbranched alkanes of at least 4 members (excludes halogenated alkanes) is 3. The lowest BCUT2D eigenvalue weighted by Gasteiger charge is -2.43. The molecular formula is C42H54O5Si. The van der Waals surface area contributed by atoms with Gasteiger partial charge in [-0.3, -0.25) is 0 Å². The zero-order chi connectivity index (χ0) is 33.9. The monoisotopic (exact) mass is 666 g/mol. The molecule has 1 heterocycles. The van der Waals surface area contributed by atoms with Crippen LogP contribution in [0.4, 0.5) is 0 Å². The van der Waals surface area contributed by atoms with Gasteiger partial charge in [0, 0.05) is 13.7 Å². The van der Waals surface area contributed by atoms with Crippen molar-refractivity contribution >= 4 is 18.7 Å². The molecule has 0 amide bonds. The van der Waals surface area contributed by atoms with E-state index in [4.69, 9.17) is 23.4 Å². The van der Waals surface area contributed by atoms with Crippen molar-refractivity contribution in [2.45, 2.75) is 102 Å². The van der Waals surface area contributed by atoms with Crippen LogP contribution in [0.2, 0.25) is 5.04 Å². The van der Waals surface area contributed by atoms with Gasteiger partial charge in [0.2, 0.25) is 0 Å². The highest BCUT2D eigenvalue weighted by Gasteiger charge is 2.54. The van der Waals surface area contributed by atoms with Gasteiger partial charge >= 0.3 is 0 Å². The summed E-state index contributed by atoms with van der Waals surface area (Å²) in [5.41, 5.74) is 1.70. The Labute approximate surface area is 289 Å². The minimum atomic E-state index is -2.51. The molecule has 0 aliphatic carbocycles. The van der Waals surface area contributed by atoms with Gasteiger partial charge in [0.15, 0.2) is 6.29 Å². The van der Waals surface area contributed by atoms with E-state index in [1.54, 1.807) is 7.11 Å². The Morgan fingerprint density at radius 2 is 1.12 bits per heavy atom. The predicted octanol–water partition coefficient (Wildman–Crippen LogP) is 8.45. The van der Waals surface area contributed by atoms with Crippen LogP contribution in [0.15, 0.2) is 121 Å². The summed E-state index contributed by atoms with van der Waals surface area (Å²) in [6.07, 6.45) is 3.94. The third-order valence-electron chi connectivity index (χ3n) is 9.65. The molecule has 256 valence electrons. The fraction of sp³-hybridized carbons (Fsp3) is 0.429. The second kappa shape index (κ2) is 17.0. The fourth-order valence-corrected chi connectivity index (χ4v) is 11.8. The third-order valence-corrected chi connectivity index (χ3v) is 14.7. The Morgan fingerprint density at radius 1 is 0.646 bits per heavy atom. The van der Waals surface area contributed by atoms with Crippen molar-refractivity contribution in [3.8, 4) is 0 Å². The Bertz CT molecular complexity index is 1440. The largest absolute Gasteiger partial charge is 0.407 e. The van der Waals surface area contributed by atoms with Crippen LogP contribution in [0.25, 0.3) is 0 Å². The molecule has 0 spiro atoms. The van der Waals surface area contributed by atoms with Crippen LogP contribution in [0, 0.1) is 0 Å². The maximum absolute atomic E-state index is 7.12. The summed E-state index contributed by atoms with van der Waals surface area (Å²) in [7, 11) is -0.824. The van der Waals surface area contributed by atoms with E-state index >= 15 is 0 Å². The predicted molar refractivity (Wildman–Crippen MR) is 197 cm³/mol. The number of hydrogen-bond acceptors (Lipinski definition) is 5. The van der Waals surface area contributed by atoms with E-state index in [0.29, 0.717) is 13.2 Å².